The van der Waals surface area contributed by atoms with Gasteiger partial charge in [-0.2, -0.15) is 0 Å². The van der Waals surface area contributed by atoms with Gasteiger partial charge >= 0.3 is 5.97 Å². The number of hydrogen-bond donors (Lipinski definition) is 1. The molecule has 9 heteroatoms. The molecule has 160 valence electrons. The van der Waals surface area contributed by atoms with Gasteiger partial charge < -0.3 is 24.1 Å². The Bertz CT molecular complexity index is 719. The average Bonchev–Trinajstić information content (AvgIpc) is 3.28. The molecule has 9 nitrogen and oxygen atoms in total. The van der Waals surface area contributed by atoms with Crippen molar-refractivity contribution in [3.63, 3.8) is 0 Å². The Morgan fingerprint density at radius 1 is 1.14 bits per heavy atom. The first-order valence-corrected chi connectivity index (χ1v) is 10.1. The molecule has 0 bridgehead atoms. The molecule has 2 aliphatic heterocycles. The Balaban J connectivity index is 1.49. The fourth-order valence-electron chi connectivity index (χ4n) is 3.86. The maximum atomic E-state index is 12.9. The first kappa shape index (κ1) is 21.3. The van der Waals surface area contributed by atoms with Crippen LogP contribution >= 0.6 is 0 Å². The summed E-state index contributed by atoms with van der Waals surface area (Å²) in [5, 5.41) is 10.5. The largest absolute Gasteiger partial charge is 0.464 e. The van der Waals surface area contributed by atoms with Crippen molar-refractivity contribution in [3.05, 3.63) is 24.2 Å². The van der Waals surface area contributed by atoms with Crippen molar-refractivity contribution in [1.29, 1.82) is 0 Å². The molecule has 1 aromatic heterocycles. The number of carbonyl (C=O) groups is 3. The average molecular weight is 407 g/mol. The second kappa shape index (κ2) is 8.96. The third-order valence-electron chi connectivity index (χ3n) is 5.80. The summed E-state index contributed by atoms with van der Waals surface area (Å²) in [6, 6.07) is 2.96. The van der Waals surface area contributed by atoms with Gasteiger partial charge in [-0.1, -0.05) is 0 Å². The monoisotopic (exact) mass is 407 g/mol. The second-order valence-corrected chi connectivity index (χ2v) is 7.56. The number of rotatable bonds is 5. The lowest BCUT2D eigenvalue weighted by atomic mass is 9.90. The molecule has 2 aliphatic rings. The van der Waals surface area contributed by atoms with Crippen molar-refractivity contribution in [2.75, 3.05) is 45.9 Å². The maximum absolute atomic E-state index is 12.9. The molecule has 2 saturated heterocycles. The summed E-state index contributed by atoms with van der Waals surface area (Å²) < 4.78 is 10.1. The number of piperidine rings is 1. The first-order valence-electron chi connectivity index (χ1n) is 10.1. The van der Waals surface area contributed by atoms with Crippen molar-refractivity contribution in [3.8, 4) is 0 Å². The minimum absolute atomic E-state index is 0.00308. The lowest BCUT2D eigenvalue weighted by Gasteiger charge is -2.41. The molecule has 0 radical (unpaired) electrons. The van der Waals surface area contributed by atoms with Gasteiger partial charge in [0.15, 0.2) is 11.4 Å². The molecule has 2 fully saturated rings. The third kappa shape index (κ3) is 4.62. The number of ether oxygens (including phenoxy) is 1. The lowest BCUT2D eigenvalue weighted by molar-refractivity contribution is -0.171. The van der Waals surface area contributed by atoms with E-state index in [1.165, 1.54) is 6.26 Å². The molecule has 0 aliphatic carbocycles. The van der Waals surface area contributed by atoms with E-state index in [9.17, 15) is 19.5 Å². The SMILES string of the molecule is CCOC(=O)C1(O)CCN([C@@H](C)C(=O)N2CCN(C(=O)c3ccco3)CC2)CC1. The van der Waals surface area contributed by atoms with Crippen LogP contribution in [0.4, 0.5) is 0 Å². The number of likely N-dealkylation sites (tertiary alicyclic amines) is 1. The van der Waals surface area contributed by atoms with Gasteiger partial charge in [-0.25, -0.2) is 4.79 Å². The van der Waals surface area contributed by atoms with E-state index in [0.29, 0.717) is 45.0 Å². The number of amides is 2. The number of carbonyl (C=O) groups excluding carboxylic acids is 3. The number of nitrogens with zero attached hydrogens (tertiary/aromatic N) is 3. The summed E-state index contributed by atoms with van der Waals surface area (Å²) in [4.78, 5) is 42.6. The fourth-order valence-corrected chi connectivity index (χ4v) is 3.86. The lowest BCUT2D eigenvalue weighted by Crippen LogP contribution is -2.58. The van der Waals surface area contributed by atoms with E-state index in [-0.39, 0.29) is 37.3 Å². The minimum Gasteiger partial charge on any atom is -0.464 e. The van der Waals surface area contributed by atoms with Crippen LogP contribution in [-0.2, 0) is 14.3 Å². The standard InChI is InChI=1S/C20H29N3O6/c1-3-28-19(26)20(27)6-8-21(9-7-20)15(2)17(24)22-10-12-23(13-11-22)18(25)16-5-4-14-29-16/h4-5,14-15,27H,3,6-13H2,1-2H3/t15-/m0/s1. The van der Waals surface area contributed by atoms with Crippen LogP contribution in [0.2, 0.25) is 0 Å². The summed E-state index contributed by atoms with van der Waals surface area (Å²) in [6.45, 7) is 6.52. The van der Waals surface area contributed by atoms with E-state index >= 15 is 0 Å². The summed E-state index contributed by atoms with van der Waals surface area (Å²) in [6.07, 6.45) is 1.96. The van der Waals surface area contributed by atoms with E-state index in [4.69, 9.17) is 9.15 Å². The molecule has 0 aromatic carbocycles. The van der Waals surface area contributed by atoms with Gasteiger partial charge in [0.2, 0.25) is 5.91 Å². The normalized spacial score (nSPS) is 20.9. The first-order chi connectivity index (χ1) is 13.9. The van der Waals surface area contributed by atoms with Crippen LogP contribution in [0, 0.1) is 0 Å². The van der Waals surface area contributed by atoms with Crippen LogP contribution in [0.5, 0.6) is 0 Å². The Morgan fingerprint density at radius 3 is 2.31 bits per heavy atom. The van der Waals surface area contributed by atoms with Crippen molar-refractivity contribution in [2.45, 2.75) is 38.3 Å². The third-order valence-corrected chi connectivity index (χ3v) is 5.80. The quantitative estimate of drug-likeness (QED) is 0.702. The fraction of sp³-hybridized carbons (Fsp3) is 0.650. The minimum atomic E-state index is -1.47. The van der Waals surface area contributed by atoms with Gasteiger partial charge in [0, 0.05) is 39.3 Å². The van der Waals surface area contributed by atoms with Crippen LogP contribution in [0.3, 0.4) is 0 Å². The maximum Gasteiger partial charge on any atom is 0.338 e. The van der Waals surface area contributed by atoms with E-state index < -0.39 is 11.6 Å². The Hall–Kier alpha value is -2.39. The van der Waals surface area contributed by atoms with Crippen LogP contribution < -0.4 is 0 Å². The Kier molecular flexibility index (Phi) is 6.59. The highest BCUT2D eigenvalue weighted by Crippen LogP contribution is 2.25. The molecular formula is C20H29N3O6. The highest BCUT2D eigenvalue weighted by Gasteiger charge is 2.42. The number of furan rings is 1. The van der Waals surface area contributed by atoms with Crippen LogP contribution in [0.25, 0.3) is 0 Å². The van der Waals surface area contributed by atoms with Crippen LogP contribution in [0.15, 0.2) is 22.8 Å². The second-order valence-electron chi connectivity index (χ2n) is 7.56. The van der Waals surface area contributed by atoms with Gasteiger partial charge in [0.25, 0.3) is 5.91 Å². The highest BCUT2D eigenvalue weighted by molar-refractivity contribution is 5.91. The molecule has 3 rings (SSSR count). The molecule has 1 atom stereocenters. The van der Waals surface area contributed by atoms with E-state index in [1.807, 2.05) is 11.8 Å². The number of aliphatic hydroxyl groups is 1. The molecule has 1 N–H and O–H groups in total. The van der Waals surface area contributed by atoms with Crippen molar-refractivity contribution in [1.82, 2.24) is 14.7 Å². The van der Waals surface area contributed by atoms with Gasteiger partial charge in [-0.05, 0) is 38.8 Å². The number of hydrogen-bond acceptors (Lipinski definition) is 7. The van der Waals surface area contributed by atoms with E-state index in [1.54, 1.807) is 28.9 Å². The Morgan fingerprint density at radius 2 is 1.76 bits per heavy atom. The molecule has 0 spiro atoms. The summed E-state index contributed by atoms with van der Waals surface area (Å²) >= 11 is 0. The highest BCUT2D eigenvalue weighted by atomic mass is 16.5. The molecule has 2 amide bonds. The molecule has 3 heterocycles. The zero-order valence-electron chi connectivity index (χ0n) is 17.0. The summed E-state index contributed by atoms with van der Waals surface area (Å²) in [5.41, 5.74) is -1.47. The van der Waals surface area contributed by atoms with Crippen molar-refractivity contribution < 1.29 is 28.6 Å². The topological polar surface area (TPSA) is 104 Å². The predicted octanol–water partition coefficient (Wildman–Crippen LogP) is 0.343. The van der Waals surface area contributed by atoms with Crippen molar-refractivity contribution >= 4 is 17.8 Å². The predicted molar refractivity (Wildman–Crippen MR) is 103 cm³/mol. The molecule has 1 aromatic rings. The molecule has 0 unspecified atom stereocenters. The van der Waals surface area contributed by atoms with Crippen LogP contribution in [0.1, 0.15) is 37.2 Å². The van der Waals surface area contributed by atoms with E-state index in [2.05, 4.69) is 0 Å². The van der Waals surface area contributed by atoms with Gasteiger partial charge in [-0.3, -0.25) is 14.5 Å². The molecule has 0 saturated carbocycles. The van der Waals surface area contributed by atoms with Crippen molar-refractivity contribution in [2.24, 2.45) is 0 Å². The van der Waals surface area contributed by atoms with Crippen LogP contribution in [-0.4, -0.2) is 95.1 Å². The van der Waals surface area contributed by atoms with Gasteiger partial charge in [0.05, 0.1) is 18.9 Å². The zero-order chi connectivity index (χ0) is 21.0. The summed E-state index contributed by atoms with van der Waals surface area (Å²) in [5.74, 6) is -0.447. The smallest absolute Gasteiger partial charge is 0.338 e. The zero-order valence-corrected chi connectivity index (χ0v) is 17.0. The number of esters is 1. The number of piperazine rings is 1. The van der Waals surface area contributed by atoms with E-state index in [0.717, 1.165) is 0 Å². The van der Waals surface area contributed by atoms with Gasteiger partial charge in [0.1, 0.15) is 0 Å². The Labute approximate surface area is 170 Å². The molecular weight excluding hydrogens is 378 g/mol. The van der Waals surface area contributed by atoms with Gasteiger partial charge in [-0.15, -0.1) is 0 Å². The summed E-state index contributed by atoms with van der Waals surface area (Å²) in [7, 11) is 0. The molecule has 29 heavy (non-hydrogen) atoms.